The van der Waals surface area contributed by atoms with E-state index in [1.165, 1.54) is 11.1 Å². The number of nitrogens with two attached hydrogens (primary N) is 1. The molecule has 4 heteroatoms. The zero-order chi connectivity index (χ0) is 13.9. The van der Waals surface area contributed by atoms with Gasteiger partial charge in [0.2, 0.25) is 0 Å². The number of benzene rings is 1. The molecule has 2 unspecified atom stereocenters. The van der Waals surface area contributed by atoms with Crippen LogP contribution in [0, 0.1) is 0 Å². The van der Waals surface area contributed by atoms with Crippen LogP contribution in [0.5, 0.6) is 5.75 Å². The molecule has 1 aliphatic rings. The Balaban J connectivity index is 1.57. The standard InChI is InChI=1S/C16H19N3O/c1-20-13-5-2-11(3-6-13)9-18-16-7-4-12(10-19-16)14-8-15(14)17/h2-7,10,14-15H,8-9,17H2,1H3,(H,18,19). The van der Waals surface area contributed by atoms with E-state index in [4.69, 9.17) is 10.5 Å². The van der Waals surface area contributed by atoms with E-state index in [0.717, 1.165) is 24.5 Å². The first-order chi connectivity index (χ1) is 9.76. The fourth-order valence-corrected chi connectivity index (χ4v) is 2.26. The summed E-state index contributed by atoms with van der Waals surface area (Å²) in [5.74, 6) is 2.27. The lowest BCUT2D eigenvalue weighted by Crippen LogP contribution is -2.03. The van der Waals surface area contributed by atoms with Crippen LogP contribution in [0.15, 0.2) is 42.6 Å². The first kappa shape index (κ1) is 12.9. The molecule has 0 spiro atoms. The predicted molar refractivity (Wildman–Crippen MR) is 79.9 cm³/mol. The van der Waals surface area contributed by atoms with Gasteiger partial charge in [-0.3, -0.25) is 0 Å². The summed E-state index contributed by atoms with van der Waals surface area (Å²) in [5, 5.41) is 3.31. The second kappa shape index (κ2) is 5.51. The molecule has 20 heavy (non-hydrogen) atoms. The molecule has 4 nitrogen and oxygen atoms in total. The van der Waals surface area contributed by atoms with Crippen LogP contribution in [0.3, 0.4) is 0 Å². The van der Waals surface area contributed by atoms with Gasteiger partial charge in [0.15, 0.2) is 0 Å². The number of pyridine rings is 1. The highest BCUT2D eigenvalue weighted by Crippen LogP contribution is 2.38. The minimum absolute atomic E-state index is 0.329. The third kappa shape index (κ3) is 2.91. The monoisotopic (exact) mass is 269 g/mol. The fraction of sp³-hybridized carbons (Fsp3) is 0.312. The number of hydrogen-bond donors (Lipinski definition) is 2. The summed E-state index contributed by atoms with van der Waals surface area (Å²) in [6.07, 6.45) is 3.01. The lowest BCUT2D eigenvalue weighted by Gasteiger charge is -2.07. The van der Waals surface area contributed by atoms with Gasteiger partial charge < -0.3 is 15.8 Å². The molecule has 0 radical (unpaired) electrons. The quantitative estimate of drug-likeness (QED) is 0.875. The van der Waals surface area contributed by atoms with Crippen LogP contribution in [0.1, 0.15) is 23.5 Å². The Bertz CT molecular complexity index is 565. The summed E-state index contributed by atoms with van der Waals surface area (Å²) in [6.45, 7) is 0.749. The molecular weight excluding hydrogens is 250 g/mol. The molecule has 1 aromatic carbocycles. The molecule has 1 aliphatic carbocycles. The summed E-state index contributed by atoms with van der Waals surface area (Å²) in [6, 6.07) is 12.5. The lowest BCUT2D eigenvalue weighted by molar-refractivity contribution is 0.414. The number of methoxy groups -OCH3 is 1. The van der Waals surface area contributed by atoms with E-state index in [1.54, 1.807) is 7.11 Å². The van der Waals surface area contributed by atoms with E-state index in [-0.39, 0.29) is 0 Å². The molecule has 2 atom stereocenters. The fourth-order valence-electron chi connectivity index (χ4n) is 2.26. The van der Waals surface area contributed by atoms with Crippen molar-refractivity contribution in [3.63, 3.8) is 0 Å². The van der Waals surface area contributed by atoms with E-state index in [1.807, 2.05) is 36.5 Å². The molecule has 104 valence electrons. The number of ether oxygens (including phenoxy) is 1. The largest absolute Gasteiger partial charge is 0.497 e. The highest BCUT2D eigenvalue weighted by molar-refractivity contribution is 5.39. The first-order valence-corrected chi connectivity index (χ1v) is 6.84. The molecule has 0 saturated heterocycles. The average molecular weight is 269 g/mol. The molecule has 0 bridgehead atoms. The third-order valence-corrected chi connectivity index (χ3v) is 3.69. The zero-order valence-electron chi connectivity index (χ0n) is 11.5. The van der Waals surface area contributed by atoms with Crippen LogP contribution >= 0.6 is 0 Å². The van der Waals surface area contributed by atoms with Crippen LogP contribution in [0.2, 0.25) is 0 Å². The van der Waals surface area contributed by atoms with E-state index < -0.39 is 0 Å². The van der Waals surface area contributed by atoms with Gasteiger partial charge in [0.25, 0.3) is 0 Å². The smallest absolute Gasteiger partial charge is 0.126 e. The topological polar surface area (TPSA) is 60.2 Å². The van der Waals surface area contributed by atoms with Gasteiger partial charge in [-0.2, -0.15) is 0 Å². The number of aromatic nitrogens is 1. The van der Waals surface area contributed by atoms with Crippen molar-refractivity contribution in [1.82, 2.24) is 4.98 Å². The molecule has 1 heterocycles. The van der Waals surface area contributed by atoms with Gasteiger partial charge in [0, 0.05) is 24.7 Å². The third-order valence-electron chi connectivity index (χ3n) is 3.69. The van der Waals surface area contributed by atoms with Crippen molar-refractivity contribution in [2.75, 3.05) is 12.4 Å². The predicted octanol–water partition coefficient (Wildman–Crippen LogP) is 2.52. The minimum Gasteiger partial charge on any atom is -0.497 e. The normalized spacial score (nSPS) is 20.5. The Morgan fingerprint density at radius 3 is 2.55 bits per heavy atom. The SMILES string of the molecule is COc1ccc(CNc2ccc(C3CC3N)cn2)cc1. The zero-order valence-corrected chi connectivity index (χ0v) is 11.5. The molecule has 1 aromatic heterocycles. The van der Waals surface area contributed by atoms with Crippen LogP contribution < -0.4 is 15.8 Å². The maximum atomic E-state index is 5.84. The highest BCUT2D eigenvalue weighted by Gasteiger charge is 2.34. The van der Waals surface area contributed by atoms with Crippen molar-refractivity contribution in [2.24, 2.45) is 5.73 Å². The molecule has 3 rings (SSSR count). The van der Waals surface area contributed by atoms with Crippen LogP contribution in [-0.4, -0.2) is 18.1 Å². The number of nitrogens with zero attached hydrogens (tertiary/aromatic N) is 1. The highest BCUT2D eigenvalue weighted by atomic mass is 16.5. The number of nitrogens with one attached hydrogen (secondary N) is 1. The van der Waals surface area contributed by atoms with Gasteiger partial charge in [-0.15, -0.1) is 0 Å². The average Bonchev–Trinajstić information content (AvgIpc) is 3.23. The maximum absolute atomic E-state index is 5.84. The number of hydrogen-bond acceptors (Lipinski definition) is 4. The molecule has 1 fully saturated rings. The Labute approximate surface area is 119 Å². The summed E-state index contributed by atoms with van der Waals surface area (Å²) in [5.41, 5.74) is 8.28. The minimum atomic E-state index is 0.329. The van der Waals surface area contributed by atoms with E-state index >= 15 is 0 Å². The summed E-state index contributed by atoms with van der Waals surface area (Å²) >= 11 is 0. The van der Waals surface area contributed by atoms with Crippen molar-refractivity contribution in [3.05, 3.63) is 53.7 Å². The van der Waals surface area contributed by atoms with Crippen molar-refractivity contribution in [2.45, 2.75) is 24.9 Å². The van der Waals surface area contributed by atoms with Gasteiger partial charge in [-0.25, -0.2) is 4.98 Å². The molecular formula is C16H19N3O. The van der Waals surface area contributed by atoms with Crippen molar-refractivity contribution >= 4 is 5.82 Å². The first-order valence-electron chi connectivity index (χ1n) is 6.84. The van der Waals surface area contributed by atoms with E-state index in [2.05, 4.69) is 16.4 Å². The second-order valence-electron chi connectivity index (χ2n) is 5.18. The van der Waals surface area contributed by atoms with E-state index in [0.29, 0.717) is 12.0 Å². The summed E-state index contributed by atoms with van der Waals surface area (Å²) < 4.78 is 5.14. The second-order valence-corrected chi connectivity index (χ2v) is 5.18. The van der Waals surface area contributed by atoms with Gasteiger partial charge in [-0.1, -0.05) is 18.2 Å². The Kier molecular flexibility index (Phi) is 3.56. The van der Waals surface area contributed by atoms with Gasteiger partial charge in [-0.05, 0) is 35.7 Å². The van der Waals surface area contributed by atoms with Crippen molar-refractivity contribution < 1.29 is 4.74 Å². The summed E-state index contributed by atoms with van der Waals surface area (Å²) in [7, 11) is 1.67. The van der Waals surface area contributed by atoms with Crippen molar-refractivity contribution in [3.8, 4) is 5.75 Å². The molecule has 1 saturated carbocycles. The number of rotatable bonds is 5. The lowest BCUT2D eigenvalue weighted by atomic mass is 10.2. The van der Waals surface area contributed by atoms with Gasteiger partial charge in [0.05, 0.1) is 7.11 Å². The molecule has 0 aliphatic heterocycles. The van der Waals surface area contributed by atoms with Gasteiger partial charge in [0.1, 0.15) is 11.6 Å². The van der Waals surface area contributed by atoms with E-state index in [9.17, 15) is 0 Å². The number of anilines is 1. The Hall–Kier alpha value is -2.07. The maximum Gasteiger partial charge on any atom is 0.126 e. The Morgan fingerprint density at radius 1 is 1.25 bits per heavy atom. The molecule has 3 N–H and O–H groups in total. The molecule has 2 aromatic rings. The Morgan fingerprint density at radius 2 is 2.00 bits per heavy atom. The van der Waals surface area contributed by atoms with Crippen LogP contribution in [-0.2, 0) is 6.54 Å². The summed E-state index contributed by atoms with van der Waals surface area (Å²) in [4.78, 5) is 4.43. The van der Waals surface area contributed by atoms with Gasteiger partial charge >= 0.3 is 0 Å². The van der Waals surface area contributed by atoms with Crippen LogP contribution in [0.25, 0.3) is 0 Å². The van der Waals surface area contributed by atoms with Crippen molar-refractivity contribution in [1.29, 1.82) is 0 Å². The van der Waals surface area contributed by atoms with Crippen LogP contribution in [0.4, 0.5) is 5.82 Å². The molecule has 0 amide bonds.